The molecule has 0 aliphatic heterocycles. The first kappa shape index (κ1) is 8.25. The lowest BCUT2D eigenvalue weighted by atomic mass is 10.1. The van der Waals surface area contributed by atoms with Gasteiger partial charge in [0.1, 0.15) is 5.82 Å². The van der Waals surface area contributed by atoms with Crippen LogP contribution in [0.15, 0.2) is 11.6 Å². The van der Waals surface area contributed by atoms with E-state index >= 15 is 0 Å². The highest BCUT2D eigenvalue weighted by molar-refractivity contribution is 7.03. The molecule has 0 radical (unpaired) electrons. The molecule has 13 heavy (non-hydrogen) atoms. The smallest absolute Gasteiger partial charge is 0.129 e. The normalized spacial score (nSPS) is 10.6. The van der Waals surface area contributed by atoms with Crippen molar-refractivity contribution >= 4 is 17.4 Å². The van der Waals surface area contributed by atoms with E-state index in [-0.39, 0.29) is 0 Å². The first-order valence-electron chi connectivity index (χ1n) is 3.89. The van der Waals surface area contributed by atoms with Gasteiger partial charge in [-0.2, -0.15) is 5.10 Å². The van der Waals surface area contributed by atoms with E-state index in [1.165, 1.54) is 11.5 Å². The Kier molecular flexibility index (Phi) is 1.81. The van der Waals surface area contributed by atoms with Crippen molar-refractivity contribution < 1.29 is 0 Å². The number of nitrogens with zero attached hydrogens (tertiary/aromatic N) is 3. The summed E-state index contributed by atoms with van der Waals surface area (Å²) in [6.07, 6.45) is 1.81. The Morgan fingerprint density at radius 3 is 2.77 bits per heavy atom. The van der Waals surface area contributed by atoms with E-state index in [1.54, 1.807) is 4.68 Å². The minimum Gasteiger partial charge on any atom is -0.383 e. The van der Waals surface area contributed by atoms with Gasteiger partial charge in [0.15, 0.2) is 0 Å². The quantitative estimate of drug-likeness (QED) is 0.747. The average molecular weight is 194 g/mol. The largest absolute Gasteiger partial charge is 0.383 e. The van der Waals surface area contributed by atoms with Gasteiger partial charge >= 0.3 is 0 Å². The van der Waals surface area contributed by atoms with Gasteiger partial charge in [-0.15, -0.1) is 0 Å². The van der Waals surface area contributed by atoms with E-state index in [0.717, 1.165) is 16.8 Å². The number of hydrogen-bond donors (Lipinski definition) is 1. The van der Waals surface area contributed by atoms with Crippen LogP contribution in [-0.4, -0.2) is 14.2 Å². The molecule has 2 heterocycles. The molecule has 0 aliphatic carbocycles. The first-order valence-corrected chi connectivity index (χ1v) is 4.72. The predicted octanol–water partition coefficient (Wildman–Crippen LogP) is 1.43. The van der Waals surface area contributed by atoms with Crippen LogP contribution in [0.5, 0.6) is 0 Å². The van der Waals surface area contributed by atoms with E-state index in [9.17, 15) is 0 Å². The molecule has 0 amide bonds. The highest BCUT2D eigenvalue weighted by atomic mass is 32.1. The van der Waals surface area contributed by atoms with Crippen LogP contribution in [0, 0.1) is 6.92 Å². The molecular formula is C8H10N4S. The molecule has 4 nitrogen and oxygen atoms in total. The molecule has 0 saturated heterocycles. The number of rotatable bonds is 1. The summed E-state index contributed by atoms with van der Waals surface area (Å²) < 4.78 is 5.72. The van der Waals surface area contributed by atoms with Crippen LogP contribution in [0.4, 0.5) is 5.82 Å². The van der Waals surface area contributed by atoms with Crippen molar-refractivity contribution in [2.75, 3.05) is 5.73 Å². The van der Waals surface area contributed by atoms with E-state index in [4.69, 9.17) is 5.73 Å². The van der Waals surface area contributed by atoms with E-state index in [1.807, 2.05) is 25.5 Å². The zero-order valence-corrected chi connectivity index (χ0v) is 8.30. The predicted molar refractivity (Wildman–Crippen MR) is 53.5 cm³/mol. The summed E-state index contributed by atoms with van der Waals surface area (Å²) in [5, 5.41) is 6.21. The van der Waals surface area contributed by atoms with Crippen LogP contribution in [0.1, 0.15) is 5.69 Å². The van der Waals surface area contributed by atoms with Gasteiger partial charge in [0, 0.05) is 29.8 Å². The molecule has 68 valence electrons. The fourth-order valence-corrected chi connectivity index (χ4v) is 1.89. The van der Waals surface area contributed by atoms with Gasteiger partial charge in [0.2, 0.25) is 0 Å². The summed E-state index contributed by atoms with van der Waals surface area (Å²) in [5.74, 6) is 0.692. The maximum Gasteiger partial charge on any atom is 0.129 e. The monoisotopic (exact) mass is 194 g/mol. The Bertz CT molecular complexity index is 416. The third-order valence-corrected chi connectivity index (χ3v) is 2.57. The number of aryl methyl sites for hydroxylation is 2. The summed E-state index contributed by atoms with van der Waals surface area (Å²) in [4.78, 5) is 0. The second-order valence-electron chi connectivity index (χ2n) is 2.88. The molecule has 0 saturated carbocycles. The van der Waals surface area contributed by atoms with Crippen molar-refractivity contribution in [1.29, 1.82) is 0 Å². The molecule has 2 N–H and O–H groups in total. The lowest BCUT2D eigenvalue weighted by Crippen LogP contribution is -1.97. The van der Waals surface area contributed by atoms with E-state index < -0.39 is 0 Å². The highest BCUT2D eigenvalue weighted by Gasteiger charge is 2.12. The molecule has 0 aliphatic rings. The summed E-state index contributed by atoms with van der Waals surface area (Å²) in [5.41, 5.74) is 8.86. The van der Waals surface area contributed by atoms with E-state index in [0.29, 0.717) is 5.82 Å². The van der Waals surface area contributed by atoms with Crippen LogP contribution in [-0.2, 0) is 7.05 Å². The highest BCUT2D eigenvalue weighted by Crippen LogP contribution is 2.28. The van der Waals surface area contributed by atoms with Crippen LogP contribution in [0.3, 0.4) is 0 Å². The van der Waals surface area contributed by atoms with Crippen LogP contribution >= 0.6 is 11.5 Å². The van der Waals surface area contributed by atoms with Crippen LogP contribution in [0.2, 0.25) is 0 Å². The molecule has 0 unspecified atom stereocenters. The Labute approximate surface area is 80.2 Å². The maximum absolute atomic E-state index is 5.87. The maximum atomic E-state index is 5.87. The van der Waals surface area contributed by atoms with Crippen molar-refractivity contribution in [3.05, 3.63) is 17.3 Å². The molecule has 0 fully saturated rings. The van der Waals surface area contributed by atoms with Gasteiger partial charge in [-0.1, -0.05) is 0 Å². The number of aromatic nitrogens is 3. The second-order valence-corrected chi connectivity index (χ2v) is 3.54. The third-order valence-electron chi connectivity index (χ3n) is 1.99. The standard InChI is InChI=1S/C8H10N4S/c1-5-7(6-3-10-13-4-6)8(9)12(2)11-5/h3-4H,9H2,1-2H3. The molecule has 2 aromatic heterocycles. The lowest BCUT2D eigenvalue weighted by molar-refractivity contribution is 0.767. The molecule has 5 heteroatoms. The summed E-state index contributed by atoms with van der Waals surface area (Å²) in [6, 6.07) is 0. The summed E-state index contributed by atoms with van der Waals surface area (Å²) in [6.45, 7) is 1.95. The SMILES string of the molecule is Cc1nn(C)c(N)c1-c1cnsc1. The topological polar surface area (TPSA) is 56.7 Å². The zero-order chi connectivity index (χ0) is 9.42. The van der Waals surface area contributed by atoms with Crippen molar-refractivity contribution in [3.63, 3.8) is 0 Å². The van der Waals surface area contributed by atoms with E-state index in [2.05, 4.69) is 9.47 Å². The molecule has 0 spiro atoms. The van der Waals surface area contributed by atoms with Crippen molar-refractivity contribution in [2.45, 2.75) is 6.92 Å². The fraction of sp³-hybridized carbons (Fsp3) is 0.250. The Balaban J connectivity index is 2.64. The Hall–Kier alpha value is -1.36. The zero-order valence-electron chi connectivity index (χ0n) is 7.48. The molecule has 0 aromatic carbocycles. The molecule has 0 bridgehead atoms. The molecule has 0 atom stereocenters. The van der Waals surface area contributed by atoms with Gasteiger partial charge in [-0.05, 0) is 18.5 Å². The average Bonchev–Trinajstić information content (AvgIpc) is 2.63. The van der Waals surface area contributed by atoms with Gasteiger partial charge in [-0.25, -0.2) is 4.37 Å². The second kappa shape index (κ2) is 2.85. The number of anilines is 1. The summed E-state index contributed by atoms with van der Waals surface area (Å²) in [7, 11) is 1.84. The Morgan fingerprint density at radius 2 is 2.31 bits per heavy atom. The van der Waals surface area contributed by atoms with Crippen LogP contribution in [0.25, 0.3) is 11.1 Å². The van der Waals surface area contributed by atoms with Gasteiger partial charge in [0.25, 0.3) is 0 Å². The first-order chi connectivity index (χ1) is 6.20. The van der Waals surface area contributed by atoms with Crippen molar-refractivity contribution in [2.24, 2.45) is 7.05 Å². The minimum absolute atomic E-state index is 0.692. The molecule has 2 rings (SSSR count). The van der Waals surface area contributed by atoms with Crippen molar-refractivity contribution in [1.82, 2.24) is 14.2 Å². The minimum atomic E-state index is 0.692. The number of nitrogens with two attached hydrogens (primary N) is 1. The third kappa shape index (κ3) is 1.21. The van der Waals surface area contributed by atoms with Gasteiger partial charge in [-0.3, -0.25) is 4.68 Å². The van der Waals surface area contributed by atoms with Gasteiger partial charge < -0.3 is 5.73 Å². The fourth-order valence-electron chi connectivity index (χ4n) is 1.36. The molecular weight excluding hydrogens is 184 g/mol. The van der Waals surface area contributed by atoms with Crippen LogP contribution < -0.4 is 5.73 Å². The summed E-state index contributed by atoms with van der Waals surface area (Å²) >= 11 is 1.42. The number of nitrogen functional groups attached to an aromatic ring is 1. The lowest BCUT2D eigenvalue weighted by Gasteiger charge is -1.96. The Morgan fingerprint density at radius 1 is 1.54 bits per heavy atom. The van der Waals surface area contributed by atoms with Gasteiger partial charge in [0.05, 0.1) is 5.69 Å². The number of hydrogen-bond acceptors (Lipinski definition) is 4. The molecule has 2 aromatic rings. The van der Waals surface area contributed by atoms with Crippen molar-refractivity contribution in [3.8, 4) is 11.1 Å².